The Kier molecular flexibility index (Phi) is 4.77. The van der Waals surface area contributed by atoms with E-state index < -0.39 is 5.97 Å². The third-order valence-corrected chi connectivity index (χ3v) is 3.83. The molecule has 1 aromatic carbocycles. The van der Waals surface area contributed by atoms with Crippen molar-refractivity contribution < 1.29 is 14.3 Å². The molecular weight excluding hydrogens is 257 g/mol. The number of aliphatic carboxylic acids is 1. The average Bonchev–Trinajstić information content (AvgIpc) is 2.45. The van der Waals surface area contributed by atoms with Crippen LogP contribution in [0.25, 0.3) is 6.08 Å². The summed E-state index contributed by atoms with van der Waals surface area (Å²) in [5, 5.41) is 8.73. The van der Waals surface area contributed by atoms with Gasteiger partial charge in [-0.05, 0) is 43.0 Å². The van der Waals surface area contributed by atoms with E-state index in [0.717, 1.165) is 37.7 Å². The topological polar surface area (TPSA) is 40.5 Å². The molecule has 1 unspecified atom stereocenters. The van der Waals surface area contributed by atoms with E-state index in [4.69, 9.17) is 5.11 Å². The fourth-order valence-corrected chi connectivity index (χ4v) is 2.73. The van der Waals surface area contributed by atoms with E-state index in [0.29, 0.717) is 11.5 Å². The van der Waals surface area contributed by atoms with Crippen molar-refractivity contribution in [3.05, 3.63) is 35.7 Å². The molecule has 1 atom stereocenters. The van der Waals surface area contributed by atoms with E-state index in [1.54, 1.807) is 6.07 Å². The van der Waals surface area contributed by atoms with Gasteiger partial charge in [0.1, 0.15) is 5.82 Å². The standard InChI is InChI=1S/C16H20FNO2/c1-2-12-4-3-9-18(11-12)15-7-6-14(17)10-13(15)5-8-16(19)20/h5-8,10,12H,2-4,9,11H2,1H3,(H,19,20)/b8-5+. The molecule has 1 saturated heterocycles. The van der Waals surface area contributed by atoms with Crippen molar-refractivity contribution in [1.29, 1.82) is 0 Å². The van der Waals surface area contributed by atoms with Gasteiger partial charge in [-0.25, -0.2) is 9.18 Å². The summed E-state index contributed by atoms with van der Waals surface area (Å²) in [6, 6.07) is 4.57. The van der Waals surface area contributed by atoms with Crippen molar-refractivity contribution in [2.45, 2.75) is 26.2 Å². The fourth-order valence-electron chi connectivity index (χ4n) is 2.73. The lowest BCUT2D eigenvalue weighted by Crippen LogP contribution is -2.35. The van der Waals surface area contributed by atoms with Gasteiger partial charge in [0.15, 0.2) is 0 Å². The van der Waals surface area contributed by atoms with Crippen LogP contribution in [-0.4, -0.2) is 24.2 Å². The molecule has 1 fully saturated rings. The van der Waals surface area contributed by atoms with Crippen LogP contribution < -0.4 is 4.90 Å². The Morgan fingerprint density at radius 3 is 3.05 bits per heavy atom. The molecule has 1 aromatic rings. The van der Waals surface area contributed by atoms with Gasteiger partial charge in [0, 0.05) is 30.4 Å². The van der Waals surface area contributed by atoms with Crippen LogP contribution in [0.3, 0.4) is 0 Å². The summed E-state index contributed by atoms with van der Waals surface area (Å²) >= 11 is 0. The van der Waals surface area contributed by atoms with Gasteiger partial charge in [0.25, 0.3) is 0 Å². The van der Waals surface area contributed by atoms with E-state index >= 15 is 0 Å². The van der Waals surface area contributed by atoms with Crippen molar-refractivity contribution in [1.82, 2.24) is 0 Å². The van der Waals surface area contributed by atoms with E-state index in [1.807, 2.05) is 0 Å². The second-order valence-corrected chi connectivity index (χ2v) is 5.24. The molecule has 0 radical (unpaired) electrons. The lowest BCUT2D eigenvalue weighted by molar-refractivity contribution is -0.131. The molecule has 0 spiro atoms. The third kappa shape index (κ3) is 3.59. The molecule has 0 saturated carbocycles. The van der Waals surface area contributed by atoms with Crippen molar-refractivity contribution >= 4 is 17.7 Å². The van der Waals surface area contributed by atoms with Crippen LogP contribution in [-0.2, 0) is 4.79 Å². The molecule has 1 aliphatic heterocycles. The number of benzene rings is 1. The molecule has 3 nitrogen and oxygen atoms in total. The molecule has 1 heterocycles. The van der Waals surface area contributed by atoms with Gasteiger partial charge in [-0.15, -0.1) is 0 Å². The number of carbonyl (C=O) groups is 1. The highest BCUT2D eigenvalue weighted by Gasteiger charge is 2.20. The average molecular weight is 277 g/mol. The molecule has 1 aliphatic rings. The lowest BCUT2D eigenvalue weighted by atomic mass is 9.94. The fraction of sp³-hybridized carbons (Fsp3) is 0.438. The maximum Gasteiger partial charge on any atom is 0.328 e. The van der Waals surface area contributed by atoms with Crippen LogP contribution in [0.15, 0.2) is 24.3 Å². The second-order valence-electron chi connectivity index (χ2n) is 5.24. The summed E-state index contributed by atoms with van der Waals surface area (Å²) in [6.45, 7) is 4.08. The number of piperidine rings is 1. The first kappa shape index (κ1) is 14.6. The first-order valence-electron chi connectivity index (χ1n) is 7.05. The van der Waals surface area contributed by atoms with Gasteiger partial charge in [-0.3, -0.25) is 0 Å². The van der Waals surface area contributed by atoms with E-state index in [9.17, 15) is 9.18 Å². The summed E-state index contributed by atoms with van der Waals surface area (Å²) < 4.78 is 13.4. The SMILES string of the molecule is CCC1CCCN(c2ccc(F)cc2/C=C/C(=O)O)C1. The molecule has 20 heavy (non-hydrogen) atoms. The number of halogens is 1. The summed E-state index contributed by atoms with van der Waals surface area (Å²) in [4.78, 5) is 12.9. The smallest absolute Gasteiger partial charge is 0.328 e. The zero-order valence-corrected chi connectivity index (χ0v) is 11.7. The Balaban J connectivity index is 2.28. The molecule has 4 heteroatoms. The van der Waals surface area contributed by atoms with Crippen LogP contribution in [0.1, 0.15) is 31.7 Å². The molecule has 0 bridgehead atoms. The Labute approximate surface area is 118 Å². The molecule has 0 aromatic heterocycles. The van der Waals surface area contributed by atoms with Crippen LogP contribution in [0.4, 0.5) is 10.1 Å². The van der Waals surface area contributed by atoms with Gasteiger partial charge >= 0.3 is 5.97 Å². The first-order valence-corrected chi connectivity index (χ1v) is 7.05. The molecule has 1 N–H and O–H groups in total. The quantitative estimate of drug-likeness (QED) is 0.856. The number of hydrogen-bond donors (Lipinski definition) is 1. The Morgan fingerprint density at radius 2 is 2.35 bits per heavy atom. The second kappa shape index (κ2) is 6.55. The van der Waals surface area contributed by atoms with Gasteiger partial charge in [0.2, 0.25) is 0 Å². The number of hydrogen-bond acceptors (Lipinski definition) is 2. The molecule has 108 valence electrons. The monoisotopic (exact) mass is 277 g/mol. The van der Waals surface area contributed by atoms with Crippen LogP contribution in [0, 0.1) is 11.7 Å². The zero-order chi connectivity index (χ0) is 14.5. The van der Waals surface area contributed by atoms with Crippen LogP contribution in [0.5, 0.6) is 0 Å². The highest BCUT2D eigenvalue weighted by atomic mass is 19.1. The maximum atomic E-state index is 13.4. The van der Waals surface area contributed by atoms with Gasteiger partial charge in [-0.2, -0.15) is 0 Å². The summed E-state index contributed by atoms with van der Waals surface area (Å²) in [5.41, 5.74) is 1.55. The van der Waals surface area contributed by atoms with Gasteiger partial charge < -0.3 is 10.0 Å². The summed E-state index contributed by atoms with van der Waals surface area (Å²) in [6.07, 6.45) is 6.01. The minimum atomic E-state index is -1.02. The van der Waals surface area contributed by atoms with Gasteiger partial charge in [0.05, 0.1) is 0 Å². The number of rotatable bonds is 4. The van der Waals surface area contributed by atoms with Crippen LogP contribution >= 0.6 is 0 Å². The van der Waals surface area contributed by atoms with Crippen molar-refractivity contribution in [3.8, 4) is 0 Å². The first-order chi connectivity index (χ1) is 9.60. The van der Waals surface area contributed by atoms with Crippen LogP contribution in [0.2, 0.25) is 0 Å². The third-order valence-electron chi connectivity index (χ3n) is 3.83. The summed E-state index contributed by atoms with van der Waals surface area (Å²) in [5.74, 6) is -0.710. The van der Waals surface area contributed by atoms with E-state index in [2.05, 4.69) is 11.8 Å². The maximum absolute atomic E-state index is 13.4. The van der Waals surface area contributed by atoms with Crippen molar-refractivity contribution in [2.75, 3.05) is 18.0 Å². The van der Waals surface area contributed by atoms with Crippen molar-refractivity contribution in [2.24, 2.45) is 5.92 Å². The highest BCUT2D eigenvalue weighted by Crippen LogP contribution is 2.29. The largest absolute Gasteiger partial charge is 0.478 e. The van der Waals surface area contributed by atoms with E-state index in [-0.39, 0.29) is 5.82 Å². The molecule has 0 amide bonds. The number of carboxylic acid groups (broad SMARTS) is 1. The Bertz CT molecular complexity index is 513. The number of carboxylic acids is 1. The molecular formula is C16H20FNO2. The highest BCUT2D eigenvalue weighted by molar-refractivity contribution is 5.87. The van der Waals surface area contributed by atoms with E-state index in [1.165, 1.54) is 24.6 Å². The zero-order valence-electron chi connectivity index (χ0n) is 11.7. The minimum absolute atomic E-state index is 0.345. The molecule has 2 rings (SSSR count). The minimum Gasteiger partial charge on any atom is -0.478 e. The van der Waals surface area contributed by atoms with Crippen molar-refractivity contribution in [3.63, 3.8) is 0 Å². The Morgan fingerprint density at radius 1 is 1.55 bits per heavy atom. The summed E-state index contributed by atoms with van der Waals surface area (Å²) in [7, 11) is 0. The predicted molar refractivity (Wildman–Crippen MR) is 78.3 cm³/mol. The number of anilines is 1. The number of nitrogens with zero attached hydrogens (tertiary/aromatic N) is 1. The Hall–Kier alpha value is -1.84. The predicted octanol–water partition coefficient (Wildman–Crippen LogP) is 3.55. The molecule has 0 aliphatic carbocycles. The lowest BCUT2D eigenvalue weighted by Gasteiger charge is -2.35. The normalized spacial score (nSPS) is 19.5. The van der Waals surface area contributed by atoms with Gasteiger partial charge in [-0.1, -0.05) is 13.3 Å².